The number of benzene rings is 2. The minimum Gasteiger partial charge on any atom is -0.378 e. The number of nitrogens with zero attached hydrogens (tertiary/aromatic N) is 3. The van der Waals surface area contributed by atoms with Crippen LogP contribution in [0.4, 0.5) is 17.3 Å². The Labute approximate surface area is 180 Å². The number of morpholine rings is 1. The largest absolute Gasteiger partial charge is 0.378 e. The van der Waals surface area contributed by atoms with Gasteiger partial charge in [0.25, 0.3) is 15.9 Å². The van der Waals surface area contributed by atoms with Gasteiger partial charge in [0.05, 0.1) is 18.1 Å². The van der Waals surface area contributed by atoms with Gasteiger partial charge in [-0.3, -0.25) is 4.79 Å². The van der Waals surface area contributed by atoms with Crippen molar-refractivity contribution in [2.45, 2.75) is 4.90 Å². The normalized spacial score (nSPS) is 14.1. The molecule has 2 N–H and O–H groups in total. The maximum atomic E-state index is 12.5. The van der Waals surface area contributed by atoms with Gasteiger partial charge in [0.15, 0.2) is 0 Å². The summed E-state index contributed by atoms with van der Waals surface area (Å²) in [6, 6.07) is 14.8. The van der Waals surface area contributed by atoms with E-state index in [9.17, 15) is 13.2 Å². The monoisotopic (exact) mass is 439 g/mol. The highest BCUT2D eigenvalue weighted by Crippen LogP contribution is 2.19. The summed E-state index contributed by atoms with van der Waals surface area (Å²) in [5.41, 5.74) is 2.04. The Kier molecular flexibility index (Phi) is 6.10. The van der Waals surface area contributed by atoms with Gasteiger partial charge in [0.2, 0.25) is 5.95 Å². The quantitative estimate of drug-likeness (QED) is 0.606. The minimum absolute atomic E-state index is 0.0135. The van der Waals surface area contributed by atoms with Crippen LogP contribution in [0.1, 0.15) is 10.4 Å². The molecule has 160 valence electrons. The predicted molar refractivity (Wildman–Crippen MR) is 117 cm³/mol. The van der Waals surface area contributed by atoms with Gasteiger partial charge in [-0.1, -0.05) is 0 Å². The fraction of sp³-hybridized carbons (Fsp3) is 0.190. The minimum atomic E-state index is -3.83. The number of aromatic nitrogens is 2. The maximum Gasteiger partial charge on any atom is 0.264 e. The molecule has 0 bridgehead atoms. The van der Waals surface area contributed by atoms with Crippen molar-refractivity contribution < 1.29 is 17.9 Å². The Hall–Kier alpha value is -3.50. The molecule has 2 heterocycles. The molecule has 9 nitrogen and oxygen atoms in total. The van der Waals surface area contributed by atoms with Crippen LogP contribution >= 0.6 is 0 Å². The highest BCUT2D eigenvalue weighted by molar-refractivity contribution is 7.92. The summed E-state index contributed by atoms with van der Waals surface area (Å²) in [4.78, 5) is 22.5. The van der Waals surface area contributed by atoms with Crippen molar-refractivity contribution >= 4 is 33.3 Å². The van der Waals surface area contributed by atoms with Crippen LogP contribution in [-0.4, -0.2) is 50.6 Å². The van der Waals surface area contributed by atoms with Gasteiger partial charge in [-0.25, -0.2) is 23.1 Å². The molecule has 3 aromatic rings. The fourth-order valence-corrected chi connectivity index (χ4v) is 4.05. The lowest BCUT2D eigenvalue weighted by Gasteiger charge is -2.28. The summed E-state index contributed by atoms with van der Waals surface area (Å²) in [7, 11) is -3.83. The van der Waals surface area contributed by atoms with Crippen LogP contribution in [0.5, 0.6) is 0 Å². The van der Waals surface area contributed by atoms with E-state index in [1.54, 1.807) is 18.2 Å². The summed E-state index contributed by atoms with van der Waals surface area (Å²) in [5.74, 6) is -0.291. The summed E-state index contributed by atoms with van der Waals surface area (Å²) < 4.78 is 32.5. The molecule has 4 rings (SSSR count). The van der Waals surface area contributed by atoms with E-state index >= 15 is 0 Å². The molecule has 2 aromatic carbocycles. The van der Waals surface area contributed by atoms with E-state index in [-0.39, 0.29) is 16.8 Å². The zero-order chi connectivity index (χ0) is 21.7. The van der Waals surface area contributed by atoms with E-state index in [1.807, 2.05) is 12.1 Å². The number of ether oxygens (including phenoxy) is 1. The van der Waals surface area contributed by atoms with Gasteiger partial charge in [0.1, 0.15) is 0 Å². The average molecular weight is 439 g/mol. The van der Waals surface area contributed by atoms with Crippen LogP contribution in [0, 0.1) is 0 Å². The molecule has 1 aromatic heterocycles. The predicted octanol–water partition coefficient (Wildman–Crippen LogP) is 2.37. The first-order chi connectivity index (χ1) is 15.0. The molecule has 1 saturated heterocycles. The highest BCUT2D eigenvalue weighted by Gasteiger charge is 2.16. The number of nitrogens with one attached hydrogen (secondary N) is 2. The molecule has 0 spiro atoms. The molecular weight excluding hydrogens is 418 g/mol. The Balaban J connectivity index is 1.39. The summed E-state index contributed by atoms with van der Waals surface area (Å²) >= 11 is 0. The van der Waals surface area contributed by atoms with Gasteiger partial charge in [-0.2, -0.15) is 0 Å². The SMILES string of the molecule is O=C(Nc1ccc(S(=O)(=O)Nc2ncccn2)cc1)c1ccc(N2CCOCC2)cc1. The maximum absolute atomic E-state index is 12.5. The van der Waals surface area contributed by atoms with Crippen LogP contribution in [0.15, 0.2) is 71.9 Å². The fourth-order valence-electron chi connectivity index (χ4n) is 3.10. The van der Waals surface area contributed by atoms with Crippen molar-refractivity contribution in [3.63, 3.8) is 0 Å². The summed E-state index contributed by atoms with van der Waals surface area (Å²) in [6.45, 7) is 3.04. The molecule has 0 aliphatic carbocycles. The van der Waals surface area contributed by atoms with Gasteiger partial charge in [0, 0.05) is 42.4 Å². The number of hydrogen-bond donors (Lipinski definition) is 2. The molecule has 31 heavy (non-hydrogen) atoms. The number of rotatable bonds is 6. The van der Waals surface area contributed by atoms with Crippen molar-refractivity contribution in [2.75, 3.05) is 41.2 Å². The third-order valence-electron chi connectivity index (χ3n) is 4.72. The van der Waals surface area contributed by atoms with Gasteiger partial charge in [-0.05, 0) is 54.6 Å². The van der Waals surface area contributed by atoms with Gasteiger partial charge >= 0.3 is 0 Å². The third-order valence-corrected chi connectivity index (χ3v) is 6.06. The average Bonchev–Trinajstić information content (AvgIpc) is 2.80. The van der Waals surface area contributed by atoms with E-state index in [1.165, 1.54) is 36.7 Å². The van der Waals surface area contributed by atoms with Crippen molar-refractivity contribution in [3.05, 3.63) is 72.6 Å². The zero-order valence-electron chi connectivity index (χ0n) is 16.6. The molecule has 10 heteroatoms. The Morgan fingerprint density at radius 3 is 2.23 bits per heavy atom. The molecule has 0 atom stereocenters. The molecular formula is C21H21N5O4S. The van der Waals surface area contributed by atoms with E-state index in [0.717, 1.165) is 18.8 Å². The lowest BCUT2D eigenvalue weighted by atomic mass is 10.1. The molecule has 0 radical (unpaired) electrons. The standard InChI is InChI=1S/C21H21N5O4S/c27-20(16-2-6-18(7-3-16)26-12-14-30-15-13-26)24-17-4-8-19(9-5-17)31(28,29)25-21-22-10-1-11-23-21/h1-11H,12-15H2,(H,24,27)(H,22,23,25). The number of carbonyl (C=O) groups excluding carboxylic acids is 1. The number of carbonyl (C=O) groups is 1. The van der Waals surface area contributed by atoms with E-state index in [4.69, 9.17) is 4.74 Å². The first-order valence-electron chi connectivity index (χ1n) is 9.65. The lowest BCUT2D eigenvalue weighted by Crippen LogP contribution is -2.36. The van der Waals surface area contributed by atoms with Crippen LogP contribution in [-0.2, 0) is 14.8 Å². The number of sulfonamides is 1. The second kappa shape index (κ2) is 9.11. The van der Waals surface area contributed by atoms with Gasteiger partial charge in [-0.15, -0.1) is 0 Å². The second-order valence-corrected chi connectivity index (χ2v) is 8.49. The van der Waals surface area contributed by atoms with E-state index in [2.05, 4.69) is 24.9 Å². The Morgan fingerprint density at radius 1 is 0.935 bits per heavy atom. The van der Waals surface area contributed by atoms with Crippen molar-refractivity contribution in [1.82, 2.24) is 9.97 Å². The van der Waals surface area contributed by atoms with Crippen molar-refractivity contribution in [1.29, 1.82) is 0 Å². The van der Waals surface area contributed by atoms with Gasteiger partial charge < -0.3 is 15.0 Å². The Morgan fingerprint density at radius 2 is 1.58 bits per heavy atom. The molecule has 0 saturated carbocycles. The molecule has 1 aliphatic heterocycles. The van der Waals surface area contributed by atoms with Crippen molar-refractivity contribution in [2.24, 2.45) is 0 Å². The van der Waals surface area contributed by atoms with Crippen molar-refractivity contribution in [3.8, 4) is 0 Å². The topological polar surface area (TPSA) is 114 Å². The number of amides is 1. The highest BCUT2D eigenvalue weighted by atomic mass is 32.2. The number of anilines is 3. The smallest absolute Gasteiger partial charge is 0.264 e. The lowest BCUT2D eigenvalue weighted by molar-refractivity contribution is 0.102. The Bertz CT molecular complexity index is 1130. The molecule has 1 aliphatic rings. The zero-order valence-corrected chi connectivity index (χ0v) is 17.4. The second-order valence-electron chi connectivity index (χ2n) is 6.80. The van der Waals surface area contributed by atoms with Crippen LogP contribution in [0.2, 0.25) is 0 Å². The first kappa shape index (κ1) is 20.8. The first-order valence-corrected chi connectivity index (χ1v) is 11.1. The molecule has 1 amide bonds. The summed E-state index contributed by atoms with van der Waals surface area (Å²) in [6.07, 6.45) is 2.88. The van der Waals surface area contributed by atoms with Crippen LogP contribution < -0.4 is 14.9 Å². The van der Waals surface area contributed by atoms with E-state index in [0.29, 0.717) is 24.5 Å². The van der Waals surface area contributed by atoms with Crippen LogP contribution in [0.3, 0.4) is 0 Å². The third kappa shape index (κ3) is 5.16. The molecule has 0 unspecified atom stereocenters. The van der Waals surface area contributed by atoms with Crippen LogP contribution in [0.25, 0.3) is 0 Å². The molecule has 1 fully saturated rings. The number of hydrogen-bond acceptors (Lipinski definition) is 7. The summed E-state index contributed by atoms with van der Waals surface area (Å²) in [5, 5.41) is 2.77. The van der Waals surface area contributed by atoms with E-state index < -0.39 is 10.0 Å².